The van der Waals surface area contributed by atoms with Crippen LogP contribution >= 0.6 is 11.3 Å². The van der Waals surface area contributed by atoms with Gasteiger partial charge in [-0.05, 0) is 61.7 Å². The number of fused-ring (bicyclic) bond motifs is 1. The summed E-state index contributed by atoms with van der Waals surface area (Å²) in [4.78, 5) is 39.0. The maximum atomic E-state index is 12.8. The molecule has 3 rings (SSSR count). The summed E-state index contributed by atoms with van der Waals surface area (Å²) in [7, 11) is 0. The van der Waals surface area contributed by atoms with E-state index in [0.29, 0.717) is 17.5 Å². The first kappa shape index (κ1) is 18.3. The Morgan fingerprint density at radius 2 is 1.73 bits per heavy atom. The zero-order valence-electron chi connectivity index (χ0n) is 15.0. The SMILES string of the molecule is CC(C)(C)OC(=O)CCC(c1ccsc1)N1C(=O)c2ccccc2C1=O. The van der Waals surface area contributed by atoms with Gasteiger partial charge in [-0.1, -0.05) is 12.1 Å². The Balaban J connectivity index is 1.84. The number of nitrogens with zero attached hydrogens (tertiary/aromatic N) is 1. The second-order valence-electron chi connectivity index (χ2n) is 7.22. The third-order valence-corrected chi connectivity index (χ3v) is 4.81. The second kappa shape index (κ2) is 7.03. The molecule has 1 aliphatic heterocycles. The summed E-state index contributed by atoms with van der Waals surface area (Å²) in [5.74, 6) is -0.966. The van der Waals surface area contributed by atoms with E-state index in [9.17, 15) is 14.4 Å². The standard InChI is InChI=1S/C20H21NO4S/c1-20(2,3)25-17(22)9-8-16(13-10-11-26-12-13)21-18(23)14-6-4-5-7-15(14)19(21)24/h4-7,10-12,16H,8-9H2,1-3H3. The summed E-state index contributed by atoms with van der Waals surface area (Å²) in [5, 5.41) is 3.80. The number of hydrogen-bond acceptors (Lipinski definition) is 5. The van der Waals surface area contributed by atoms with Crippen LogP contribution in [0.4, 0.5) is 0 Å². The molecule has 5 nitrogen and oxygen atoms in total. The Labute approximate surface area is 156 Å². The first-order valence-corrected chi connectivity index (χ1v) is 9.43. The molecular formula is C20H21NO4S. The highest BCUT2D eigenvalue weighted by molar-refractivity contribution is 7.08. The first-order valence-electron chi connectivity index (χ1n) is 8.49. The minimum Gasteiger partial charge on any atom is -0.460 e. The molecule has 2 aromatic rings. The molecule has 1 unspecified atom stereocenters. The van der Waals surface area contributed by atoms with E-state index in [1.54, 1.807) is 24.3 Å². The van der Waals surface area contributed by atoms with E-state index in [0.717, 1.165) is 5.56 Å². The lowest BCUT2D eigenvalue weighted by atomic mass is 10.0. The Bertz CT molecular complexity index is 801. The van der Waals surface area contributed by atoms with Gasteiger partial charge < -0.3 is 4.74 Å². The van der Waals surface area contributed by atoms with Crippen LogP contribution in [-0.2, 0) is 9.53 Å². The van der Waals surface area contributed by atoms with Gasteiger partial charge in [0.25, 0.3) is 11.8 Å². The fraction of sp³-hybridized carbons (Fsp3) is 0.350. The van der Waals surface area contributed by atoms with E-state index in [2.05, 4.69) is 0 Å². The first-order chi connectivity index (χ1) is 12.3. The lowest BCUT2D eigenvalue weighted by Gasteiger charge is -2.26. The molecule has 6 heteroatoms. The van der Waals surface area contributed by atoms with E-state index in [1.807, 2.05) is 37.6 Å². The molecule has 0 N–H and O–H groups in total. The lowest BCUT2D eigenvalue weighted by molar-refractivity contribution is -0.155. The summed E-state index contributed by atoms with van der Waals surface area (Å²) in [6.07, 6.45) is 0.461. The van der Waals surface area contributed by atoms with E-state index < -0.39 is 11.6 Å². The van der Waals surface area contributed by atoms with Crippen molar-refractivity contribution < 1.29 is 19.1 Å². The predicted molar refractivity (Wildman–Crippen MR) is 99.1 cm³/mol. The molecule has 1 atom stereocenters. The highest BCUT2D eigenvalue weighted by atomic mass is 32.1. The summed E-state index contributed by atoms with van der Waals surface area (Å²) < 4.78 is 5.36. The van der Waals surface area contributed by atoms with Crippen LogP contribution in [0.3, 0.4) is 0 Å². The molecule has 1 aromatic carbocycles. The van der Waals surface area contributed by atoms with Crippen LogP contribution < -0.4 is 0 Å². The van der Waals surface area contributed by atoms with Crippen molar-refractivity contribution in [3.05, 3.63) is 57.8 Å². The van der Waals surface area contributed by atoms with E-state index >= 15 is 0 Å². The third kappa shape index (κ3) is 3.70. The van der Waals surface area contributed by atoms with Crippen LogP contribution in [0.25, 0.3) is 0 Å². The zero-order chi connectivity index (χ0) is 18.9. The number of rotatable bonds is 5. The summed E-state index contributed by atoms with van der Waals surface area (Å²) >= 11 is 1.49. The molecule has 0 fully saturated rings. The van der Waals surface area contributed by atoms with Crippen molar-refractivity contribution in [3.63, 3.8) is 0 Å². The number of hydrogen-bond donors (Lipinski definition) is 0. The molecule has 2 heterocycles. The van der Waals surface area contributed by atoms with Crippen molar-refractivity contribution in [3.8, 4) is 0 Å². The van der Waals surface area contributed by atoms with Crippen LogP contribution in [0.1, 0.15) is 65.9 Å². The molecule has 0 radical (unpaired) electrons. The molecule has 0 saturated carbocycles. The quantitative estimate of drug-likeness (QED) is 0.583. The van der Waals surface area contributed by atoms with Gasteiger partial charge in [0.15, 0.2) is 0 Å². The van der Waals surface area contributed by atoms with Gasteiger partial charge in [0.05, 0.1) is 17.2 Å². The molecule has 1 aliphatic rings. The lowest BCUT2D eigenvalue weighted by Crippen LogP contribution is -2.34. The Hall–Kier alpha value is -2.47. The van der Waals surface area contributed by atoms with Crippen LogP contribution in [0.2, 0.25) is 0 Å². The fourth-order valence-corrected chi connectivity index (χ4v) is 3.75. The van der Waals surface area contributed by atoms with E-state index in [4.69, 9.17) is 4.74 Å². The summed E-state index contributed by atoms with van der Waals surface area (Å²) in [6, 6.07) is 8.21. The van der Waals surface area contributed by atoms with Crippen LogP contribution in [0.15, 0.2) is 41.1 Å². The Kier molecular flexibility index (Phi) is 4.96. The van der Waals surface area contributed by atoms with Crippen molar-refractivity contribution in [1.29, 1.82) is 0 Å². The molecule has 0 saturated heterocycles. The predicted octanol–water partition coefficient (Wildman–Crippen LogP) is 4.21. The molecular weight excluding hydrogens is 350 g/mol. The van der Waals surface area contributed by atoms with Gasteiger partial charge in [-0.3, -0.25) is 19.3 Å². The number of benzene rings is 1. The van der Waals surface area contributed by atoms with Crippen LogP contribution in [0, 0.1) is 0 Å². The van der Waals surface area contributed by atoms with Gasteiger partial charge in [0, 0.05) is 6.42 Å². The number of carbonyl (C=O) groups excluding carboxylic acids is 3. The highest BCUT2D eigenvalue weighted by Crippen LogP contribution is 2.35. The molecule has 2 amide bonds. The normalized spacial score (nSPS) is 15.1. The van der Waals surface area contributed by atoms with Gasteiger partial charge in [-0.2, -0.15) is 11.3 Å². The topological polar surface area (TPSA) is 63.7 Å². The molecule has 26 heavy (non-hydrogen) atoms. The van der Waals surface area contributed by atoms with Gasteiger partial charge in [-0.25, -0.2) is 0 Å². The zero-order valence-corrected chi connectivity index (χ0v) is 15.8. The minimum atomic E-state index is -0.565. The van der Waals surface area contributed by atoms with Gasteiger partial charge in [0.1, 0.15) is 5.60 Å². The number of thiophene rings is 1. The summed E-state index contributed by atoms with van der Waals surface area (Å²) in [6.45, 7) is 5.43. The number of carbonyl (C=O) groups is 3. The smallest absolute Gasteiger partial charge is 0.306 e. The van der Waals surface area contributed by atoms with Crippen molar-refractivity contribution in [2.45, 2.75) is 45.3 Å². The van der Waals surface area contributed by atoms with Crippen molar-refractivity contribution in [2.75, 3.05) is 0 Å². The highest BCUT2D eigenvalue weighted by Gasteiger charge is 2.40. The number of ether oxygens (including phenoxy) is 1. The number of amides is 2. The monoisotopic (exact) mass is 371 g/mol. The molecule has 0 aliphatic carbocycles. The van der Waals surface area contributed by atoms with E-state index in [1.165, 1.54) is 16.2 Å². The molecule has 1 aromatic heterocycles. The van der Waals surface area contributed by atoms with Crippen molar-refractivity contribution in [1.82, 2.24) is 4.90 Å². The van der Waals surface area contributed by atoms with Crippen molar-refractivity contribution in [2.24, 2.45) is 0 Å². The Morgan fingerprint density at radius 1 is 1.12 bits per heavy atom. The average Bonchev–Trinajstić information content (AvgIpc) is 3.17. The van der Waals surface area contributed by atoms with Crippen molar-refractivity contribution >= 4 is 29.1 Å². The van der Waals surface area contributed by atoms with Crippen LogP contribution in [-0.4, -0.2) is 28.3 Å². The number of esters is 1. The molecule has 136 valence electrons. The third-order valence-electron chi connectivity index (χ3n) is 4.11. The Morgan fingerprint density at radius 3 is 2.23 bits per heavy atom. The number of imide groups is 1. The maximum Gasteiger partial charge on any atom is 0.306 e. The molecule has 0 spiro atoms. The van der Waals surface area contributed by atoms with Gasteiger partial charge in [-0.15, -0.1) is 0 Å². The maximum absolute atomic E-state index is 12.8. The fourth-order valence-electron chi connectivity index (χ4n) is 3.05. The van der Waals surface area contributed by atoms with Gasteiger partial charge >= 0.3 is 5.97 Å². The minimum absolute atomic E-state index is 0.130. The second-order valence-corrected chi connectivity index (χ2v) is 8.00. The molecule has 0 bridgehead atoms. The largest absolute Gasteiger partial charge is 0.460 e. The van der Waals surface area contributed by atoms with Gasteiger partial charge in [0.2, 0.25) is 0 Å². The average molecular weight is 371 g/mol. The van der Waals surface area contributed by atoms with Crippen LogP contribution in [0.5, 0.6) is 0 Å². The summed E-state index contributed by atoms with van der Waals surface area (Å²) in [5.41, 5.74) is 1.11. The van der Waals surface area contributed by atoms with E-state index in [-0.39, 0.29) is 24.2 Å².